The van der Waals surface area contributed by atoms with E-state index in [1.54, 1.807) is 0 Å². The van der Waals surface area contributed by atoms with E-state index in [2.05, 4.69) is 193 Å². The van der Waals surface area contributed by atoms with Crippen molar-refractivity contribution in [1.82, 2.24) is 0 Å². The van der Waals surface area contributed by atoms with Crippen LogP contribution in [0.5, 0.6) is 0 Å². The molecule has 0 N–H and O–H groups in total. The van der Waals surface area contributed by atoms with Gasteiger partial charge in [0.15, 0.2) is 0 Å². The van der Waals surface area contributed by atoms with Crippen molar-refractivity contribution in [3.63, 3.8) is 0 Å². The summed E-state index contributed by atoms with van der Waals surface area (Å²) in [5.74, 6) is 0. The van der Waals surface area contributed by atoms with Gasteiger partial charge in [0.1, 0.15) is 0 Å². The average molecular weight is 630 g/mol. The predicted octanol–water partition coefficient (Wildman–Crippen LogP) is 13.7. The van der Waals surface area contributed by atoms with Crippen LogP contribution in [0.15, 0.2) is 188 Å². The van der Waals surface area contributed by atoms with E-state index >= 15 is 0 Å². The normalized spacial score (nSPS) is 11.3. The molecule has 0 amide bonds. The fraction of sp³-hybridized carbons (Fsp3) is 0. The fourth-order valence-corrected chi connectivity index (χ4v) is 8.04. The number of nitrogens with zero attached hydrogens (tertiary/aromatic N) is 1. The van der Waals surface area contributed by atoms with Crippen molar-refractivity contribution in [3.8, 4) is 33.4 Å². The highest BCUT2D eigenvalue weighted by Gasteiger charge is 2.18. The lowest BCUT2D eigenvalue weighted by Crippen LogP contribution is -2.11. The first kappa shape index (κ1) is 28.3. The van der Waals surface area contributed by atoms with Crippen molar-refractivity contribution >= 4 is 59.3 Å². The molecule has 226 valence electrons. The van der Waals surface area contributed by atoms with Gasteiger partial charge in [-0.05, 0) is 93.2 Å². The van der Waals surface area contributed by atoms with Crippen LogP contribution in [0.2, 0.25) is 0 Å². The lowest BCUT2D eigenvalue weighted by atomic mass is 9.96. The molecular formula is C46H31NS. The molecule has 0 aliphatic rings. The minimum Gasteiger partial charge on any atom is -0.310 e. The third-order valence-electron chi connectivity index (χ3n) is 9.26. The number of benzene rings is 8. The SMILES string of the molecule is c1ccc(-c2ccc(N(c3ccccc3)c3ccc(-c4ccc5ccc6sc7ccccc7c6c5c4)cc3)c(-c3ccccc3)c2)cc1. The van der Waals surface area contributed by atoms with Crippen molar-refractivity contribution in [1.29, 1.82) is 0 Å². The van der Waals surface area contributed by atoms with E-state index < -0.39 is 0 Å². The summed E-state index contributed by atoms with van der Waals surface area (Å²) in [6.07, 6.45) is 0. The molecular weight excluding hydrogens is 599 g/mol. The van der Waals surface area contributed by atoms with Crippen LogP contribution in [0, 0.1) is 0 Å². The summed E-state index contributed by atoms with van der Waals surface area (Å²) in [6, 6.07) is 68.1. The monoisotopic (exact) mass is 629 g/mol. The van der Waals surface area contributed by atoms with E-state index in [1.807, 2.05) is 11.3 Å². The summed E-state index contributed by atoms with van der Waals surface area (Å²) in [6.45, 7) is 0. The molecule has 8 aromatic carbocycles. The smallest absolute Gasteiger partial charge is 0.0540 e. The van der Waals surface area contributed by atoms with E-state index in [0.29, 0.717) is 0 Å². The van der Waals surface area contributed by atoms with Crippen molar-refractivity contribution in [2.45, 2.75) is 0 Å². The maximum atomic E-state index is 2.38. The van der Waals surface area contributed by atoms with Gasteiger partial charge in [0.25, 0.3) is 0 Å². The average Bonchev–Trinajstić information content (AvgIpc) is 3.56. The molecule has 1 nitrogen and oxygen atoms in total. The summed E-state index contributed by atoms with van der Waals surface area (Å²) < 4.78 is 2.67. The first-order valence-corrected chi connectivity index (χ1v) is 17.2. The Bertz CT molecular complexity index is 2530. The van der Waals surface area contributed by atoms with Gasteiger partial charge >= 0.3 is 0 Å². The van der Waals surface area contributed by atoms with Crippen LogP contribution in [0.3, 0.4) is 0 Å². The topological polar surface area (TPSA) is 3.24 Å². The Labute approximate surface area is 284 Å². The van der Waals surface area contributed by atoms with E-state index in [0.717, 1.165) is 17.1 Å². The second-order valence-corrected chi connectivity index (χ2v) is 13.2. The number of anilines is 3. The number of rotatable bonds is 6. The first-order chi connectivity index (χ1) is 23.8. The molecule has 0 bridgehead atoms. The van der Waals surface area contributed by atoms with Gasteiger partial charge in [-0.15, -0.1) is 11.3 Å². The Morgan fingerprint density at radius 3 is 1.69 bits per heavy atom. The lowest BCUT2D eigenvalue weighted by Gasteiger charge is -2.28. The van der Waals surface area contributed by atoms with E-state index in [4.69, 9.17) is 0 Å². The summed E-state index contributed by atoms with van der Waals surface area (Å²) in [5, 5.41) is 5.27. The zero-order chi connectivity index (χ0) is 31.9. The van der Waals surface area contributed by atoms with Crippen LogP contribution in [-0.2, 0) is 0 Å². The number of para-hydroxylation sites is 1. The van der Waals surface area contributed by atoms with Gasteiger partial charge in [-0.2, -0.15) is 0 Å². The van der Waals surface area contributed by atoms with Crippen LogP contribution < -0.4 is 4.90 Å². The molecule has 0 atom stereocenters. The largest absolute Gasteiger partial charge is 0.310 e. The zero-order valence-electron chi connectivity index (χ0n) is 26.3. The molecule has 2 heteroatoms. The molecule has 0 radical (unpaired) electrons. The number of fused-ring (bicyclic) bond motifs is 5. The van der Waals surface area contributed by atoms with E-state index in [-0.39, 0.29) is 0 Å². The molecule has 0 spiro atoms. The van der Waals surface area contributed by atoms with Crippen molar-refractivity contribution in [2.24, 2.45) is 0 Å². The Morgan fingerprint density at radius 1 is 0.354 bits per heavy atom. The Kier molecular flexibility index (Phi) is 7.07. The minimum atomic E-state index is 1.11. The lowest BCUT2D eigenvalue weighted by molar-refractivity contribution is 1.28. The Balaban J connectivity index is 1.17. The van der Waals surface area contributed by atoms with Gasteiger partial charge < -0.3 is 4.90 Å². The second kappa shape index (κ2) is 12.0. The maximum absolute atomic E-state index is 2.38. The van der Waals surface area contributed by atoms with Crippen molar-refractivity contribution < 1.29 is 0 Å². The molecule has 0 aliphatic carbocycles. The molecule has 0 fully saturated rings. The molecule has 0 unspecified atom stereocenters. The van der Waals surface area contributed by atoms with Crippen LogP contribution in [0.1, 0.15) is 0 Å². The van der Waals surface area contributed by atoms with Gasteiger partial charge in [0, 0.05) is 37.1 Å². The molecule has 48 heavy (non-hydrogen) atoms. The molecule has 9 rings (SSSR count). The van der Waals surface area contributed by atoms with Gasteiger partial charge in [-0.1, -0.05) is 133 Å². The molecule has 1 heterocycles. The highest BCUT2D eigenvalue weighted by Crippen LogP contribution is 2.44. The van der Waals surface area contributed by atoms with Crippen LogP contribution >= 0.6 is 11.3 Å². The Hall–Kier alpha value is -5.96. The van der Waals surface area contributed by atoms with E-state index in [1.165, 1.54) is 64.3 Å². The number of thiophene rings is 1. The van der Waals surface area contributed by atoms with Crippen LogP contribution in [0.4, 0.5) is 17.1 Å². The molecule has 0 saturated carbocycles. The molecule has 1 aromatic heterocycles. The van der Waals surface area contributed by atoms with Crippen LogP contribution in [0.25, 0.3) is 64.3 Å². The minimum absolute atomic E-state index is 1.11. The third kappa shape index (κ3) is 5.04. The van der Waals surface area contributed by atoms with Crippen LogP contribution in [-0.4, -0.2) is 0 Å². The highest BCUT2D eigenvalue weighted by atomic mass is 32.1. The standard InChI is InChI=1S/C46H31NS/c1-4-12-32(13-5-1)37-24-28-43(41(30-37)34-14-6-2-7-15-34)47(38-16-8-3-9-17-38)39-26-22-33(23-27-39)36-21-20-35-25-29-45-46(42(35)31-36)40-18-10-11-19-44(40)48-45/h1-31H. The molecule has 0 aliphatic heterocycles. The van der Waals surface area contributed by atoms with E-state index in [9.17, 15) is 0 Å². The molecule has 0 saturated heterocycles. The first-order valence-electron chi connectivity index (χ1n) is 16.3. The van der Waals surface area contributed by atoms with Crippen molar-refractivity contribution in [2.75, 3.05) is 4.90 Å². The summed E-state index contributed by atoms with van der Waals surface area (Å²) in [4.78, 5) is 2.38. The quantitative estimate of drug-likeness (QED) is 0.177. The third-order valence-corrected chi connectivity index (χ3v) is 10.4. The highest BCUT2D eigenvalue weighted by molar-refractivity contribution is 7.26. The zero-order valence-corrected chi connectivity index (χ0v) is 27.1. The maximum Gasteiger partial charge on any atom is 0.0540 e. The predicted molar refractivity (Wildman–Crippen MR) is 208 cm³/mol. The van der Waals surface area contributed by atoms with Crippen molar-refractivity contribution in [3.05, 3.63) is 188 Å². The van der Waals surface area contributed by atoms with Gasteiger partial charge in [0.2, 0.25) is 0 Å². The molecule has 9 aromatic rings. The second-order valence-electron chi connectivity index (χ2n) is 12.2. The summed E-state index contributed by atoms with van der Waals surface area (Å²) in [5.41, 5.74) is 10.6. The van der Waals surface area contributed by atoms with Gasteiger partial charge in [-0.3, -0.25) is 0 Å². The summed E-state index contributed by atoms with van der Waals surface area (Å²) in [7, 11) is 0. The Morgan fingerprint density at radius 2 is 0.917 bits per heavy atom. The fourth-order valence-electron chi connectivity index (χ4n) is 6.92. The summed E-state index contributed by atoms with van der Waals surface area (Å²) >= 11 is 1.87. The number of hydrogen-bond donors (Lipinski definition) is 0. The number of hydrogen-bond acceptors (Lipinski definition) is 2. The van der Waals surface area contributed by atoms with Gasteiger partial charge in [0.05, 0.1) is 5.69 Å². The van der Waals surface area contributed by atoms with Gasteiger partial charge in [-0.25, -0.2) is 0 Å².